The van der Waals surface area contributed by atoms with Crippen LogP contribution in [0.1, 0.15) is 5.76 Å². The van der Waals surface area contributed by atoms with Gasteiger partial charge in [-0.2, -0.15) is 5.10 Å². The molecule has 1 amide bonds. The van der Waals surface area contributed by atoms with Crippen molar-refractivity contribution in [2.75, 3.05) is 12.4 Å². The summed E-state index contributed by atoms with van der Waals surface area (Å²) in [6.07, 6.45) is 0. The smallest absolute Gasteiger partial charge is 0.297 e. The number of amides is 1. The highest BCUT2D eigenvalue weighted by Crippen LogP contribution is 2.29. The summed E-state index contributed by atoms with van der Waals surface area (Å²) in [6, 6.07) is 14.4. The van der Waals surface area contributed by atoms with Crippen LogP contribution < -0.4 is 15.6 Å². The predicted octanol–water partition coefficient (Wildman–Crippen LogP) is 3.77. The molecule has 4 aromatic rings. The second-order valence-electron chi connectivity index (χ2n) is 6.56. The van der Waals surface area contributed by atoms with Crippen LogP contribution in [0.15, 0.2) is 62.3 Å². The molecule has 9 heteroatoms. The largest absolute Gasteiger partial charge is 0.497 e. The van der Waals surface area contributed by atoms with Gasteiger partial charge in [0.15, 0.2) is 5.52 Å². The van der Waals surface area contributed by atoms with Crippen molar-refractivity contribution in [2.24, 2.45) is 0 Å². The van der Waals surface area contributed by atoms with Gasteiger partial charge in [-0.15, -0.1) is 0 Å². The Labute approximate surface area is 179 Å². The van der Waals surface area contributed by atoms with Crippen LogP contribution in [-0.4, -0.2) is 28.0 Å². The number of hydrogen-bond acceptors (Lipinski definition) is 6. The first-order chi connectivity index (χ1) is 14.5. The molecule has 4 rings (SSSR count). The Bertz CT molecular complexity index is 1290. The molecular weight excluding hydrogens is 452 g/mol. The van der Waals surface area contributed by atoms with E-state index in [1.807, 2.05) is 30.3 Å². The van der Waals surface area contributed by atoms with E-state index in [0.717, 1.165) is 9.15 Å². The number of nitrogens with zero attached hydrogens (tertiary/aromatic N) is 3. The highest BCUT2D eigenvalue weighted by Gasteiger charge is 2.20. The Balaban J connectivity index is 1.75. The first-order valence-corrected chi connectivity index (χ1v) is 9.82. The zero-order valence-electron chi connectivity index (χ0n) is 16.2. The van der Waals surface area contributed by atoms with E-state index in [1.54, 1.807) is 32.2 Å². The molecule has 0 saturated carbocycles. The number of aromatic nitrogens is 3. The molecule has 1 N–H and O–H groups in total. The van der Waals surface area contributed by atoms with E-state index in [4.69, 9.17) is 9.26 Å². The zero-order chi connectivity index (χ0) is 21.3. The first kappa shape index (κ1) is 19.8. The summed E-state index contributed by atoms with van der Waals surface area (Å²) in [7, 11) is 1.57. The van der Waals surface area contributed by atoms with E-state index < -0.39 is 5.56 Å². The fourth-order valence-corrected chi connectivity index (χ4v) is 3.35. The summed E-state index contributed by atoms with van der Waals surface area (Å²) < 4.78 is 12.5. The molecule has 0 bridgehead atoms. The molecule has 0 aliphatic rings. The molecule has 0 fully saturated rings. The van der Waals surface area contributed by atoms with E-state index in [2.05, 4.69) is 31.5 Å². The first-order valence-electron chi connectivity index (χ1n) is 9.03. The molecule has 0 saturated heterocycles. The minimum absolute atomic E-state index is 0.122. The normalized spacial score (nSPS) is 10.9. The number of anilines is 1. The van der Waals surface area contributed by atoms with Crippen molar-refractivity contribution in [2.45, 2.75) is 13.5 Å². The molecule has 0 atom stereocenters. The Morgan fingerprint density at radius 1 is 1.23 bits per heavy atom. The van der Waals surface area contributed by atoms with Gasteiger partial charge >= 0.3 is 0 Å². The van der Waals surface area contributed by atoms with Crippen molar-refractivity contribution in [3.8, 4) is 17.0 Å². The van der Waals surface area contributed by atoms with E-state index in [1.165, 1.54) is 0 Å². The molecular formula is C21H17BrN4O4. The lowest BCUT2D eigenvalue weighted by molar-refractivity contribution is -0.117. The van der Waals surface area contributed by atoms with Gasteiger partial charge in [-0.3, -0.25) is 9.59 Å². The minimum Gasteiger partial charge on any atom is -0.497 e. The van der Waals surface area contributed by atoms with Gasteiger partial charge in [0.25, 0.3) is 5.56 Å². The van der Waals surface area contributed by atoms with E-state index in [-0.39, 0.29) is 18.0 Å². The fraction of sp³-hybridized carbons (Fsp3) is 0.143. The number of benzene rings is 2. The highest BCUT2D eigenvalue weighted by atomic mass is 79.9. The molecule has 152 valence electrons. The fourth-order valence-electron chi connectivity index (χ4n) is 3.08. The van der Waals surface area contributed by atoms with Gasteiger partial charge in [0.2, 0.25) is 5.91 Å². The van der Waals surface area contributed by atoms with Crippen LogP contribution in [0.5, 0.6) is 5.75 Å². The standard InChI is InChI=1S/C21H17BrN4O4/c1-12-18-19(13-4-3-5-16(10-13)29-2)24-26(21(28)20(18)25-30-12)11-17(27)23-15-8-6-14(22)7-9-15/h3-10H,11H2,1-2H3,(H,23,27). The number of aryl methyl sites for hydroxylation is 1. The van der Waals surface area contributed by atoms with Crippen LogP contribution in [-0.2, 0) is 11.3 Å². The third kappa shape index (κ3) is 3.84. The Morgan fingerprint density at radius 2 is 2.00 bits per heavy atom. The second-order valence-corrected chi connectivity index (χ2v) is 7.48. The van der Waals surface area contributed by atoms with Crippen LogP contribution in [0.4, 0.5) is 5.69 Å². The lowest BCUT2D eigenvalue weighted by atomic mass is 10.1. The second kappa shape index (κ2) is 8.11. The van der Waals surface area contributed by atoms with Gasteiger partial charge in [0.05, 0.1) is 12.5 Å². The van der Waals surface area contributed by atoms with Gasteiger partial charge in [-0.05, 0) is 43.3 Å². The minimum atomic E-state index is -0.501. The number of halogens is 1. The van der Waals surface area contributed by atoms with Crippen LogP contribution in [0.3, 0.4) is 0 Å². The molecule has 8 nitrogen and oxygen atoms in total. The zero-order valence-corrected chi connectivity index (χ0v) is 17.8. The summed E-state index contributed by atoms with van der Waals surface area (Å²) in [6.45, 7) is 1.44. The third-order valence-electron chi connectivity index (χ3n) is 4.52. The number of ether oxygens (including phenoxy) is 1. The summed E-state index contributed by atoms with van der Waals surface area (Å²) in [5, 5.41) is 11.6. The summed E-state index contributed by atoms with van der Waals surface area (Å²) in [4.78, 5) is 25.4. The maximum Gasteiger partial charge on any atom is 0.297 e. The van der Waals surface area contributed by atoms with Gasteiger partial charge in [-0.1, -0.05) is 33.2 Å². The highest BCUT2D eigenvalue weighted by molar-refractivity contribution is 9.10. The molecule has 2 aromatic carbocycles. The van der Waals surface area contributed by atoms with Gasteiger partial charge in [0, 0.05) is 15.7 Å². The van der Waals surface area contributed by atoms with Crippen molar-refractivity contribution in [3.63, 3.8) is 0 Å². The lowest BCUT2D eigenvalue weighted by Gasteiger charge is -2.10. The Kier molecular flexibility index (Phi) is 5.37. The predicted molar refractivity (Wildman–Crippen MR) is 116 cm³/mol. The van der Waals surface area contributed by atoms with E-state index in [0.29, 0.717) is 33.8 Å². The number of hydrogen-bond donors (Lipinski definition) is 1. The van der Waals surface area contributed by atoms with Crippen molar-refractivity contribution in [3.05, 3.63) is 69.1 Å². The van der Waals surface area contributed by atoms with Gasteiger partial charge in [-0.25, -0.2) is 4.68 Å². The van der Waals surface area contributed by atoms with Crippen LogP contribution >= 0.6 is 15.9 Å². The van der Waals surface area contributed by atoms with Crippen LogP contribution in [0.25, 0.3) is 22.2 Å². The maximum absolute atomic E-state index is 12.8. The number of fused-ring (bicyclic) bond motifs is 1. The maximum atomic E-state index is 12.8. The molecule has 0 aliphatic carbocycles. The van der Waals surface area contributed by atoms with Crippen LogP contribution in [0, 0.1) is 6.92 Å². The lowest BCUT2D eigenvalue weighted by Crippen LogP contribution is -2.30. The SMILES string of the molecule is COc1cccc(-c2nn(CC(=O)Nc3ccc(Br)cc3)c(=O)c3noc(C)c23)c1. The van der Waals surface area contributed by atoms with Crippen molar-refractivity contribution in [1.29, 1.82) is 0 Å². The number of methoxy groups -OCH3 is 1. The molecule has 0 unspecified atom stereocenters. The van der Waals surface area contributed by atoms with Crippen molar-refractivity contribution in [1.82, 2.24) is 14.9 Å². The Hall–Kier alpha value is -3.46. The summed E-state index contributed by atoms with van der Waals surface area (Å²) in [5.74, 6) is 0.726. The number of rotatable bonds is 5. The third-order valence-corrected chi connectivity index (χ3v) is 5.05. The van der Waals surface area contributed by atoms with Gasteiger partial charge < -0.3 is 14.6 Å². The molecule has 0 aliphatic heterocycles. The van der Waals surface area contributed by atoms with E-state index in [9.17, 15) is 9.59 Å². The van der Waals surface area contributed by atoms with Crippen molar-refractivity contribution >= 4 is 38.4 Å². The summed E-state index contributed by atoms with van der Waals surface area (Å²) >= 11 is 3.35. The molecule has 2 heterocycles. The number of nitrogens with one attached hydrogen (secondary N) is 1. The molecule has 0 radical (unpaired) electrons. The number of carbonyl (C=O) groups is 1. The Morgan fingerprint density at radius 3 is 2.73 bits per heavy atom. The van der Waals surface area contributed by atoms with E-state index >= 15 is 0 Å². The molecule has 30 heavy (non-hydrogen) atoms. The van der Waals surface area contributed by atoms with Gasteiger partial charge in [0.1, 0.15) is 23.7 Å². The van der Waals surface area contributed by atoms with Crippen LogP contribution in [0.2, 0.25) is 0 Å². The van der Waals surface area contributed by atoms with Crippen molar-refractivity contribution < 1.29 is 14.1 Å². The quantitative estimate of drug-likeness (QED) is 0.478. The average molecular weight is 469 g/mol. The molecule has 2 aromatic heterocycles. The monoisotopic (exact) mass is 468 g/mol. The summed E-state index contributed by atoms with van der Waals surface area (Å²) in [5.41, 5.74) is 1.44. The molecule has 0 spiro atoms. The number of carbonyl (C=O) groups excluding carboxylic acids is 1. The average Bonchev–Trinajstić information content (AvgIpc) is 3.14. The topological polar surface area (TPSA) is 99.2 Å².